The molecule has 0 aliphatic heterocycles. The standard InChI is InChI=1S/C10H12O4.C5H5N5/c1-3-14-10(13)9-6(2)4-7(11)5-8(9)12;6-4-3-5(9-1-7-3)10-2-8-4/h4-5,11-12H,3H2,1-2H3;1-2H,(H3,6,7,8,9,10). The fourth-order valence-corrected chi connectivity index (χ4v) is 2.00. The van der Waals surface area contributed by atoms with Gasteiger partial charge in [-0.25, -0.2) is 19.7 Å². The average Bonchev–Trinajstić information content (AvgIpc) is 2.97. The van der Waals surface area contributed by atoms with Crippen molar-refractivity contribution in [1.29, 1.82) is 0 Å². The Morgan fingerprint density at radius 1 is 1.29 bits per heavy atom. The zero-order chi connectivity index (χ0) is 17.7. The van der Waals surface area contributed by atoms with E-state index >= 15 is 0 Å². The highest BCUT2D eigenvalue weighted by atomic mass is 16.5. The van der Waals surface area contributed by atoms with Gasteiger partial charge in [0.05, 0.1) is 12.9 Å². The van der Waals surface area contributed by atoms with E-state index in [0.717, 1.165) is 6.07 Å². The fraction of sp³-hybridized carbons (Fsp3) is 0.200. The predicted molar refractivity (Wildman–Crippen MR) is 86.6 cm³/mol. The van der Waals surface area contributed by atoms with Crippen LogP contribution in [-0.2, 0) is 4.74 Å². The molecule has 1 aromatic carbocycles. The number of carbonyl (C=O) groups is 1. The summed E-state index contributed by atoms with van der Waals surface area (Å²) >= 11 is 0. The van der Waals surface area contributed by atoms with Gasteiger partial charge in [0.1, 0.15) is 28.9 Å². The van der Waals surface area contributed by atoms with Crippen LogP contribution in [-0.4, -0.2) is 42.7 Å². The number of aryl methyl sites for hydroxylation is 1. The Morgan fingerprint density at radius 2 is 2.04 bits per heavy atom. The Balaban J connectivity index is 0.000000182. The molecule has 0 radical (unpaired) electrons. The Labute approximate surface area is 137 Å². The number of rotatable bonds is 2. The fourth-order valence-electron chi connectivity index (χ4n) is 2.00. The van der Waals surface area contributed by atoms with Crippen molar-refractivity contribution in [1.82, 2.24) is 19.9 Å². The van der Waals surface area contributed by atoms with Gasteiger partial charge in [0.25, 0.3) is 0 Å². The van der Waals surface area contributed by atoms with Crippen LogP contribution in [0.2, 0.25) is 0 Å². The molecule has 0 fully saturated rings. The van der Waals surface area contributed by atoms with Gasteiger partial charge < -0.3 is 25.7 Å². The van der Waals surface area contributed by atoms with Gasteiger partial charge in [-0.3, -0.25) is 0 Å². The van der Waals surface area contributed by atoms with Crippen molar-refractivity contribution in [2.45, 2.75) is 13.8 Å². The zero-order valence-electron chi connectivity index (χ0n) is 13.1. The minimum absolute atomic E-state index is 0.0759. The number of anilines is 1. The smallest absolute Gasteiger partial charge is 0.342 e. The molecule has 0 unspecified atom stereocenters. The molecule has 0 saturated heterocycles. The molecule has 126 valence electrons. The molecule has 0 aliphatic rings. The number of phenols is 2. The first-order valence-corrected chi connectivity index (χ1v) is 7.03. The first kappa shape index (κ1) is 17.0. The summed E-state index contributed by atoms with van der Waals surface area (Å²) in [7, 11) is 0. The summed E-state index contributed by atoms with van der Waals surface area (Å²) in [6, 6.07) is 2.51. The third-order valence-electron chi connectivity index (χ3n) is 3.03. The minimum Gasteiger partial charge on any atom is -0.508 e. The molecule has 0 aliphatic carbocycles. The highest BCUT2D eigenvalue weighted by Crippen LogP contribution is 2.27. The predicted octanol–water partition coefficient (Wildman–Crippen LogP) is 1.52. The van der Waals surface area contributed by atoms with Gasteiger partial charge in [-0.05, 0) is 25.5 Å². The van der Waals surface area contributed by atoms with Gasteiger partial charge in [-0.15, -0.1) is 0 Å². The molecule has 3 rings (SSSR count). The van der Waals surface area contributed by atoms with Gasteiger partial charge in [0.15, 0.2) is 11.5 Å². The van der Waals surface area contributed by atoms with Crippen LogP contribution in [0.5, 0.6) is 11.5 Å². The number of nitrogen functional groups attached to an aromatic ring is 1. The van der Waals surface area contributed by atoms with E-state index in [1.165, 1.54) is 18.7 Å². The number of fused-ring (bicyclic) bond motifs is 1. The molecular weight excluding hydrogens is 314 g/mol. The zero-order valence-corrected chi connectivity index (χ0v) is 13.1. The number of hydrogen-bond acceptors (Lipinski definition) is 8. The van der Waals surface area contributed by atoms with Crippen molar-refractivity contribution in [2.75, 3.05) is 12.3 Å². The second-order valence-electron chi connectivity index (χ2n) is 4.74. The van der Waals surface area contributed by atoms with Gasteiger partial charge in [0.2, 0.25) is 0 Å². The van der Waals surface area contributed by atoms with Gasteiger partial charge in [-0.1, -0.05) is 0 Å². The number of ether oxygens (including phenoxy) is 1. The number of H-pyrrole nitrogens is 1. The molecule has 0 saturated carbocycles. The van der Waals surface area contributed by atoms with E-state index in [0.29, 0.717) is 22.5 Å². The largest absolute Gasteiger partial charge is 0.508 e. The van der Waals surface area contributed by atoms with Gasteiger partial charge in [-0.2, -0.15) is 0 Å². The number of aromatic hydroxyl groups is 2. The highest BCUT2D eigenvalue weighted by Gasteiger charge is 2.16. The van der Waals surface area contributed by atoms with Crippen LogP contribution in [0.15, 0.2) is 24.8 Å². The summed E-state index contributed by atoms with van der Waals surface area (Å²) in [5.41, 5.74) is 7.37. The van der Waals surface area contributed by atoms with Gasteiger partial charge >= 0.3 is 5.97 Å². The molecule has 0 amide bonds. The maximum absolute atomic E-state index is 11.3. The number of phenolic OH excluding ortho intramolecular Hbond substituents is 2. The van der Waals surface area contributed by atoms with Crippen LogP contribution in [0.4, 0.5) is 5.82 Å². The molecule has 2 aromatic heterocycles. The molecule has 9 heteroatoms. The SMILES string of the molecule is CCOC(=O)c1c(C)cc(O)cc1O.Nc1ncnc2nc[nH]c12. The lowest BCUT2D eigenvalue weighted by molar-refractivity contribution is 0.0522. The average molecular weight is 331 g/mol. The van der Waals surface area contributed by atoms with E-state index in [9.17, 15) is 9.90 Å². The van der Waals surface area contributed by atoms with Crippen LogP contribution in [0.1, 0.15) is 22.8 Å². The molecule has 2 heterocycles. The van der Waals surface area contributed by atoms with E-state index in [1.54, 1.807) is 13.8 Å². The van der Waals surface area contributed by atoms with E-state index < -0.39 is 5.97 Å². The number of imidazole rings is 1. The summed E-state index contributed by atoms with van der Waals surface area (Å²) in [5, 5.41) is 18.5. The van der Waals surface area contributed by atoms with Crippen molar-refractivity contribution in [2.24, 2.45) is 0 Å². The topological polar surface area (TPSA) is 147 Å². The highest BCUT2D eigenvalue weighted by molar-refractivity contribution is 5.94. The molecular formula is C15H17N5O4. The lowest BCUT2D eigenvalue weighted by Gasteiger charge is -2.07. The lowest BCUT2D eigenvalue weighted by Crippen LogP contribution is -2.06. The molecule has 3 aromatic rings. The monoisotopic (exact) mass is 331 g/mol. The number of hydrogen-bond donors (Lipinski definition) is 4. The van der Waals surface area contributed by atoms with Crippen molar-refractivity contribution in [3.05, 3.63) is 35.9 Å². The Hall–Kier alpha value is -3.36. The normalized spacial score (nSPS) is 10.1. The molecule has 5 N–H and O–H groups in total. The maximum Gasteiger partial charge on any atom is 0.342 e. The second-order valence-corrected chi connectivity index (χ2v) is 4.74. The van der Waals surface area contributed by atoms with Crippen LogP contribution < -0.4 is 5.73 Å². The molecule has 0 atom stereocenters. The number of carbonyl (C=O) groups excluding carboxylic acids is 1. The van der Waals surface area contributed by atoms with Crippen molar-refractivity contribution in [3.63, 3.8) is 0 Å². The summed E-state index contributed by atoms with van der Waals surface area (Å²) < 4.78 is 4.75. The van der Waals surface area contributed by atoms with Crippen LogP contribution in [0.25, 0.3) is 11.2 Å². The Morgan fingerprint density at radius 3 is 2.67 bits per heavy atom. The minimum atomic E-state index is -0.581. The molecule has 9 nitrogen and oxygen atoms in total. The van der Waals surface area contributed by atoms with Crippen molar-refractivity contribution < 1.29 is 19.7 Å². The third kappa shape index (κ3) is 3.69. The second kappa shape index (κ2) is 7.27. The van der Waals surface area contributed by atoms with Crippen LogP contribution in [0.3, 0.4) is 0 Å². The maximum atomic E-state index is 11.3. The first-order valence-electron chi connectivity index (χ1n) is 7.03. The number of aromatic amines is 1. The van der Waals surface area contributed by atoms with Crippen molar-refractivity contribution in [3.8, 4) is 11.5 Å². The van der Waals surface area contributed by atoms with E-state index in [2.05, 4.69) is 19.9 Å². The molecule has 0 spiro atoms. The number of esters is 1. The molecule has 24 heavy (non-hydrogen) atoms. The van der Waals surface area contributed by atoms with E-state index in [-0.39, 0.29) is 23.7 Å². The Kier molecular flexibility index (Phi) is 5.15. The summed E-state index contributed by atoms with van der Waals surface area (Å²) in [5.74, 6) is -0.487. The summed E-state index contributed by atoms with van der Waals surface area (Å²) in [6.07, 6.45) is 2.92. The van der Waals surface area contributed by atoms with E-state index in [4.69, 9.17) is 15.6 Å². The molecule has 0 bridgehead atoms. The first-order chi connectivity index (χ1) is 11.4. The lowest BCUT2D eigenvalue weighted by atomic mass is 10.1. The summed E-state index contributed by atoms with van der Waals surface area (Å²) in [6.45, 7) is 3.55. The Bertz CT molecular complexity index is 839. The van der Waals surface area contributed by atoms with E-state index in [1.807, 2.05) is 0 Å². The number of nitrogens with one attached hydrogen (secondary N) is 1. The number of benzene rings is 1. The third-order valence-corrected chi connectivity index (χ3v) is 3.03. The van der Waals surface area contributed by atoms with Crippen LogP contribution >= 0.6 is 0 Å². The number of nitrogens with two attached hydrogens (primary N) is 1. The number of nitrogens with zero attached hydrogens (tertiary/aromatic N) is 3. The van der Waals surface area contributed by atoms with Gasteiger partial charge in [0, 0.05) is 6.07 Å². The quantitative estimate of drug-likeness (QED) is 0.517. The summed E-state index contributed by atoms with van der Waals surface area (Å²) in [4.78, 5) is 25.7. The number of aromatic nitrogens is 4. The van der Waals surface area contributed by atoms with Crippen molar-refractivity contribution >= 4 is 23.0 Å². The van der Waals surface area contributed by atoms with Crippen LogP contribution in [0, 0.1) is 6.92 Å².